The number of oxime groups is 1. The third-order valence-electron chi connectivity index (χ3n) is 2.76. The maximum absolute atomic E-state index is 11.7. The summed E-state index contributed by atoms with van der Waals surface area (Å²) in [7, 11) is 0. The molecule has 1 unspecified atom stereocenters. The normalized spacial score (nSPS) is 12.8. The van der Waals surface area contributed by atoms with Crippen LogP contribution in [0.15, 0.2) is 29.4 Å². The van der Waals surface area contributed by atoms with Gasteiger partial charge in [-0.05, 0) is 25.5 Å². The van der Waals surface area contributed by atoms with E-state index in [4.69, 9.17) is 15.7 Å². The summed E-state index contributed by atoms with van der Waals surface area (Å²) in [5.74, 6) is 0.154. The van der Waals surface area contributed by atoms with E-state index in [1.54, 1.807) is 24.3 Å². The molecule has 0 bridgehead atoms. The van der Waals surface area contributed by atoms with Gasteiger partial charge in [-0.3, -0.25) is 4.79 Å². The Morgan fingerprint density at radius 1 is 1.50 bits per heavy atom. The number of para-hydroxylation sites is 1. The number of amidine groups is 1. The number of benzene rings is 1. The zero-order valence-electron chi connectivity index (χ0n) is 11.8. The Labute approximate surface area is 118 Å². The van der Waals surface area contributed by atoms with Crippen LogP contribution in [0.2, 0.25) is 0 Å². The predicted octanol–water partition coefficient (Wildman–Crippen LogP) is 1.46. The number of rotatable bonds is 7. The second-order valence-electron chi connectivity index (χ2n) is 4.53. The van der Waals surface area contributed by atoms with Crippen molar-refractivity contribution in [1.29, 1.82) is 0 Å². The minimum Gasteiger partial charge on any atom is -0.483 e. The highest BCUT2D eigenvalue weighted by Crippen LogP contribution is 2.17. The number of hydrogen-bond acceptors (Lipinski definition) is 4. The van der Waals surface area contributed by atoms with Crippen molar-refractivity contribution in [2.75, 3.05) is 6.61 Å². The maximum atomic E-state index is 11.7. The summed E-state index contributed by atoms with van der Waals surface area (Å²) in [6.07, 6.45) is 1.93. The Balaban J connectivity index is 2.60. The predicted molar refractivity (Wildman–Crippen MR) is 77.0 cm³/mol. The lowest BCUT2D eigenvalue weighted by molar-refractivity contribution is -0.123. The Morgan fingerprint density at radius 3 is 2.85 bits per heavy atom. The number of amides is 1. The molecule has 0 saturated carbocycles. The molecule has 0 fully saturated rings. The monoisotopic (exact) mass is 279 g/mol. The van der Waals surface area contributed by atoms with E-state index in [1.165, 1.54) is 0 Å². The minimum atomic E-state index is -0.194. The van der Waals surface area contributed by atoms with Crippen LogP contribution < -0.4 is 15.8 Å². The second-order valence-corrected chi connectivity index (χ2v) is 4.53. The van der Waals surface area contributed by atoms with Gasteiger partial charge in [0.05, 0.1) is 5.56 Å². The van der Waals surface area contributed by atoms with E-state index in [0.717, 1.165) is 12.8 Å². The molecule has 0 aromatic heterocycles. The molecule has 0 aliphatic rings. The van der Waals surface area contributed by atoms with Crippen molar-refractivity contribution in [2.45, 2.75) is 32.7 Å². The van der Waals surface area contributed by atoms with Crippen LogP contribution in [0.4, 0.5) is 0 Å². The molecule has 0 aliphatic carbocycles. The molecule has 110 valence electrons. The fourth-order valence-corrected chi connectivity index (χ4v) is 1.82. The van der Waals surface area contributed by atoms with Gasteiger partial charge in [0.2, 0.25) is 0 Å². The van der Waals surface area contributed by atoms with E-state index in [2.05, 4.69) is 17.4 Å². The minimum absolute atomic E-state index is 0.0552. The van der Waals surface area contributed by atoms with Gasteiger partial charge in [0.1, 0.15) is 5.75 Å². The maximum Gasteiger partial charge on any atom is 0.258 e. The molecule has 0 radical (unpaired) electrons. The SMILES string of the molecule is CCCC(C)NC(=O)COc1ccccc1/C(N)=N/O. The molecule has 0 heterocycles. The lowest BCUT2D eigenvalue weighted by Gasteiger charge is -2.14. The Morgan fingerprint density at radius 2 is 2.20 bits per heavy atom. The summed E-state index contributed by atoms with van der Waals surface area (Å²) in [4.78, 5) is 11.7. The first-order valence-corrected chi connectivity index (χ1v) is 6.57. The van der Waals surface area contributed by atoms with Crippen molar-refractivity contribution >= 4 is 11.7 Å². The number of hydrogen-bond donors (Lipinski definition) is 3. The van der Waals surface area contributed by atoms with Crippen molar-refractivity contribution in [1.82, 2.24) is 5.32 Å². The Hall–Kier alpha value is -2.24. The highest BCUT2D eigenvalue weighted by atomic mass is 16.5. The summed E-state index contributed by atoms with van der Waals surface area (Å²) in [5, 5.41) is 14.5. The first-order chi connectivity index (χ1) is 9.58. The van der Waals surface area contributed by atoms with Crippen LogP contribution in [0.5, 0.6) is 5.75 Å². The number of carbonyl (C=O) groups excluding carboxylic acids is 1. The third kappa shape index (κ3) is 4.79. The zero-order chi connectivity index (χ0) is 15.0. The van der Waals surface area contributed by atoms with Gasteiger partial charge in [0.25, 0.3) is 5.91 Å². The summed E-state index contributed by atoms with van der Waals surface area (Å²) >= 11 is 0. The average molecular weight is 279 g/mol. The number of nitrogens with two attached hydrogens (primary N) is 1. The number of carbonyl (C=O) groups is 1. The third-order valence-corrected chi connectivity index (χ3v) is 2.76. The van der Waals surface area contributed by atoms with Crippen LogP contribution in [0, 0.1) is 0 Å². The zero-order valence-corrected chi connectivity index (χ0v) is 11.8. The summed E-state index contributed by atoms with van der Waals surface area (Å²) < 4.78 is 5.42. The van der Waals surface area contributed by atoms with E-state index in [1.807, 2.05) is 6.92 Å². The first-order valence-electron chi connectivity index (χ1n) is 6.57. The van der Waals surface area contributed by atoms with E-state index >= 15 is 0 Å². The first kappa shape index (κ1) is 15.8. The number of nitrogens with one attached hydrogen (secondary N) is 1. The Kier molecular flexibility index (Phi) is 6.36. The summed E-state index contributed by atoms with van der Waals surface area (Å²) in [6.45, 7) is 3.90. The highest BCUT2D eigenvalue weighted by molar-refractivity contribution is 5.99. The molecule has 0 saturated heterocycles. The lowest BCUT2D eigenvalue weighted by Crippen LogP contribution is -2.36. The molecule has 1 aromatic rings. The van der Waals surface area contributed by atoms with Gasteiger partial charge in [-0.25, -0.2) is 0 Å². The van der Waals surface area contributed by atoms with Gasteiger partial charge < -0.3 is 21.0 Å². The molecule has 1 aromatic carbocycles. The van der Waals surface area contributed by atoms with Gasteiger partial charge in [0, 0.05) is 6.04 Å². The van der Waals surface area contributed by atoms with Crippen molar-refractivity contribution in [3.63, 3.8) is 0 Å². The number of ether oxygens (including phenoxy) is 1. The summed E-state index contributed by atoms with van der Waals surface area (Å²) in [6, 6.07) is 6.93. The van der Waals surface area contributed by atoms with E-state index in [-0.39, 0.29) is 24.4 Å². The van der Waals surface area contributed by atoms with Gasteiger partial charge in [0.15, 0.2) is 12.4 Å². The molecule has 6 nitrogen and oxygen atoms in total. The van der Waals surface area contributed by atoms with Crippen molar-refractivity contribution in [3.8, 4) is 5.75 Å². The standard InChI is InChI=1S/C14H21N3O3/c1-3-6-10(2)16-13(18)9-20-12-8-5-4-7-11(12)14(15)17-19/h4-5,7-8,10,19H,3,6,9H2,1-2H3,(H2,15,17)(H,16,18). The van der Waals surface area contributed by atoms with E-state index in [0.29, 0.717) is 11.3 Å². The van der Waals surface area contributed by atoms with Crippen LogP contribution in [-0.4, -0.2) is 29.6 Å². The van der Waals surface area contributed by atoms with Crippen LogP contribution in [0.1, 0.15) is 32.3 Å². The summed E-state index contributed by atoms with van der Waals surface area (Å²) in [5.41, 5.74) is 5.99. The van der Waals surface area contributed by atoms with Gasteiger partial charge in [-0.15, -0.1) is 0 Å². The second kappa shape index (κ2) is 8.04. The van der Waals surface area contributed by atoms with Gasteiger partial charge in [-0.1, -0.05) is 30.6 Å². The quantitative estimate of drug-likeness (QED) is 0.305. The molecular formula is C14H21N3O3. The molecular weight excluding hydrogens is 258 g/mol. The van der Waals surface area contributed by atoms with Crippen molar-refractivity contribution in [2.24, 2.45) is 10.9 Å². The molecule has 4 N–H and O–H groups in total. The van der Waals surface area contributed by atoms with Crippen molar-refractivity contribution < 1.29 is 14.7 Å². The van der Waals surface area contributed by atoms with E-state index < -0.39 is 0 Å². The molecule has 0 spiro atoms. The van der Waals surface area contributed by atoms with Crippen molar-refractivity contribution in [3.05, 3.63) is 29.8 Å². The van der Waals surface area contributed by atoms with Crippen LogP contribution in [-0.2, 0) is 4.79 Å². The molecule has 1 amide bonds. The largest absolute Gasteiger partial charge is 0.483 e. The molecule has 1 atom stereocenters. The van der Waals surface area contributed by atoms with Crippen LogP contribution in [0.3, 0.4) is 0 Å². The fraction of sp³-hybridized carbons (Fsp3) is 0.429. The van der Waals surface area contributed by atoms with Gasteiger partial charge in [-0.2, -0.15) is 0 Å². The Bertz CT molecular complexity index is 474. The number of nitrogens with zero attached hydrogens (tertiary/aromatic N) is 1. The molecule has 20 heavy (non-hydrogen) atoms. The average Bonchev–Trinajstić information content (AvgIpc) is 2.44. The fourth-order valence-electron chi connectivity index (χ4n) is 1.82. The van der Waals surface area contributed by atoms with Crippen LogP contribution >= 0.6 is 0 Å². The topological polar surface area (TPSA) is 96.9 Å². The lowest BCUT2D eigenvalue weighted by atomic mass is 10.2. The van der Waals surface area contributed by atoms with E-state index in [9.17, 15) is 4.79 Å². The molecule has 0 aliphatic heterocycles. The highest BCUT2D eigenvalue weighted by Gasteiger charge is 2.11. The molecule has 1 rings (SSSR count). The van der Waals surface area contributed by atoms with Crippen LogP contribution in [0.25, 0.3) is 0 Å². The molecule has 6 heteroatoms. The van der Waals surface area contributed by atoms with Gasteiger partial charge >= 0.3 is 0 Å². The smallest absolute Gasteiger partial charge is 0.258 e.